The molecule has 12 heavy (non-hydrogen) atoms. The summed E-state index contributed by atoms with van der Waals surface area (Å²) in [4.78, 5) is 5.29. The first-order valence-electron chi connectivity index (χ1n) is 4.23. The number of anilines is 1. The zero-order valence-electron chi connectivity index (χ0n) is 6.86. The molecule has 1 aliphatic carbocycles. The first-order chi connectivity index (χ1) is 5.84. The minimum absolute atomic E-state index is 0.605. The molecule has 0 aliphatic heterocycles. The van der Waals surface area contributed by atoms with Crippen molar-refractivity contribution in [3.05, 3.63) is 18.3 Å². The van der Waals surface area contributed by atoms with Crippen LogP contribution in [0.25, 0.3) is 0 Å². The molecule has 0 amide bonds. The van der Waals surface area contributed by atoms with Gasteiger partial charge >= 0.3 is 0 Å². The first kappa shape index (κ1) is 7.92. The van der Waals surface area contributed by atoms with Crippen LogP contribution in [-0.2, 0) is 0 Å². The fourth-order valence-corrected chi connectivity index (χ4v) is 2.36. The van der Waals surface area contributed by atoms with Crippen molar-refractivity contribution in [2.45, 2.75) is 29.4 Å². The monoisotopic (exact) mass is 180 g/mol. The van der Waals surface area contributed by atoms with E-state index in [9.17, 15) is 0 Å². The van der Waals surface area contributed by atoms with E-state index in [2.05, 4.69) is 4.98 Å². The van der Waals surface area contributed by atoms with Crippen molar-refractivity contribution in [1.29, 1.82) is 0 Å². The molecule has 2 nitrogen and oxygen atoms in total. The third-order valence-electron chi connectivity index (χ3n) is 2.11. The lowest BCUT2D eigenvalue weighted by Crippen LogP contribution is -2.12. The number of nitrogens with zero attached hydrogens (tertiary/aromatic N) is 1. The van der Waals surface area contributed by atoms with Crippen LogP contribution in [0.2, 0.25) is 0 Å². The Kier molecular flexibility index (Phi) is 2.21. The Morgan fingerprint density at radius 3 is 2.75 bits per heavy atom. The standard InChI is InChI=1S/C9H12N2S/c10-9-5-4-8(6-11-9)12-7-2-1-3-7/h4-7H,1-3H2,(H2,10,11). The third kappa shape index (κ3) is 1.72. The second-order valence-corrected chi connectivity index (χ2v) is 4.46. The maximum absolute atomic E-state index is 5.48. The molecule has 1 saturated carbocycles. The highest BCUT2D eigenvalue weighted by atomic mass is 32.2. The number of aromatic nitrogens is 1. The molecule has 1 heterocycles. The van der Waals surface area contributed by atoms with Gasteiger partial charge in [0.2, 0.25) is 0 Å². The number of hydrogen-bond acceptors (Lipinski definition) is 3. The minimum atomic E-state index is 0.605. The fourth-order valence-electron chi connectivity index (χ4n) is 1.14. The molecule has 0 saturated heterocycles. The number of nitrogens with two attached hydrogens (primary N) is 1. The van der Waals surface area contributed by atoms with Crippen molar-refractivity contribution in [2.75, 3.05) is 5.73 Å². The SMILES string of the molecule is Nc1ccc(SC2CCC2)cn1. The van der Waals surface area contributed by atoms with Crippen molar-refractivity contribution in [2.24, 2.45) is 0 Å². The van der Waals surface area contributed by atoms with Gasteiger partial charge in [0.25, 0.3) is 0 Å². The third-order valence-corrected chi connectivity index (χ3v) is 3.43. The van der Waals surface area contributed by atoms with E-state index in [0.29, 0.717) is 5.82 Å². The van der Waals surface area contributed by atoms with E-state index in [1.807, 2.05) is 30.1 Å². The van der Waals surface area contributed by atoms with Crippen LogP contribution in [0.1, 0.15) is 19.3 Å². The zero-order valence-corrected chi connectivity index (χ0v) is 7.68. The van der Waals surface area contributed by atoms with Gasteiger partial charge < -0.3 is 5.73 Å². The summed E-state index contributed by atoms with van der Waals surface area (Å²) >= 11 is 1.92. The van der Waals surface area contributed by atoms with Gasteiger partial charge in [-0.2, -0.15) is 0 Å². The predicted molar refractivity (Wildman–Crippen MR) is 52.1 cm³/mol. The lowest BCUT2D eigenvalue weighted by atomic mass is 10.0. The Labute approximate surface area is 76.6 Å². The van der Waals surface area contributed by atoms with Crippen LogP contribution >= 0.6 is 11.8 Å². The summed E-state index contributed by atoms with van der Waals surface area (Å²) in [7, 11) is 0. The molecule has 1 fully saturated rings. The fraction of sp³-hybridized carbons (Fsp3) is 0.444. The van der Waals surface area contributed by atoms with Gasteiger partial charge in [0.15, 0.2) is 0 Å². The van der Waals surface area contributed by atoms with E-state index >= 15 is 0 Å². The predicted octanol–water partition coefficient (Wildman–Crippen LogP) is 2.31. The molecule has 0 unspecified atom stereocenters. The summed E-state index contributed by atoms with van der Waals surface area (Å²) in [6.45, 7) is 0. The summed E-state index contributed by atoms with van der Waals surface area (Å²) in [6.07, 6.45) is 5.96. The van der Waals surface area contributed by atoms with E-state index in [4.69, 9.17) is 5.73 Å². The molecule has 0 bridgehead atoms. The summed E-state index contributed by atoms with van der Waals surface area (Å²) in [6, 6.07) is 3.91. The second kappa shape index (κ2) is 3.35. The van der Waals surface area contributed by atoms with Gasteiger partial charge in [-0.1, -0.05) is 6.42 Å². The largest absolute Gasteiger partial charge is 0.384 e. The van der Waals surface area contributed by atoms with Gasteiger partial charge in [0.05, 0.1) is 0 Å². The quantitative estimate of drug-likeness (QED) is 0.759. The lowest BCUT2D eigenvalue weighted by Gasteiger charge is -2.24. The molecular formula is C9H12N2S. The molecule has 0 radical (unpaired) electrons. The summed E-state index contributed by atoms with van der Waals surface area (Å²) in [5.74, 6) is 0.605. The van der Waals surface area contributed by atoms with Gasteiger partial charge in [-0.25, -0.2) is 4.98 Å². The number of pyridine rings is 1. The Balaban J connectivity index is 1.98. The molecular weight excluding hydrogens is 168 g/mol. The highest BCUT2D eigenvalue weighted by Gasteiger charge is 2.18. The number of rotatable bonds is 2. The molecule has 1 aromatic heterocycles. The summed E-state index contributed by atoms with van der Waals surface area (Å²) in [5.41, 5.74) is 5.48. The first-order valence-corrected chi connectivity index (χ1v) is 5.11. The van der Waals surface area contributed by atoms with Crippen LogP contribution in [0.3, 0.4) is 0 Å². The Morgan fingerprint density at radius 1 is 1.42 bits per heavy atom. The van der Waals surface area contributed by atoms with E-state index in [1.54, 1.807) is 0 Å². The van der Waals surface area contributed by atoms with Crippen molar-refractivity contribution >= 4 is 17.6 Å². The molecule has 3 heteroatoms. The van der Waals surface area contributed by atoms with Crippen LogP contribution in [-0.4, -0.2) is 10.2 Å². The average molecular weight is 180 g/mol. The van der Waals surface area contributed by atoms with Crippen LogP contribution < -0.4 is 5.73 Å². The highest BCUT2D eigenvalue weighted by molar-refractivity contribution is 8.00. The Bertz CT molecular complexity index is 254. The smallest absolute Gasteiger partial charge is 0.123 e. The summed E-state index contributed by atoms with van der Waals surface area (Å²) in [5, 5.41) is 0.829. The molecule has 64 valence electrons. The number of thioether (sulfide) groups is 1. The van der Waals surface area contributed by atoms with Gasteiger partial charge in [-0.3, -0.25) is 0 Å². The van der Waals surface area contributed by atoms with Crippen LogP contribution in [0, 0.1) is 0 Å². The average Bonchev–Trinajstić information content (AvgIpc) is 2.00. The molecule has 0 spiro atoms. The maximum Gasteiger partial charge on any atom is 0.123 e. The Hall–Kier alpha value is -0.700. The molecule has 2 rings (SSSR count). The van der Waals surface area contributed by atoms with Gasteiger partial charge in [0, 0.05) is 16.3 Å². The molecule has 1 aromatic rings. The molecule has 0 aromatic carbocycles. The lowest BCUT2D eigenvalue weighted by molar-refractivity contribution is 0.522. The molecule has 1 aliphatic rings. The molecule has 2 N–H and O–H groups in total. The van der Waals surface area contributed by atoms with E-state index in [-0.39, 0.29) is 0 Å². The van der Waals surface area contributed by atoms with E-state index in [1.165, 1.54) is 24.2 Å². The van der Waals surface area contributed by atoms with Crippen molar-refractivity contribution in [1.82, 2.24) is 4.98 Å². The topological polar surface area (TPSA) is 38.9 Å². The highest BCUT2D eigenvalue weighted by Crippen LogP contribution is 2.35. The van der Waals surface area contributed by atoms with Crippen molar-refractivity contribution in [3.8, 4) is 0 Å². The summed E-state index contributed by atoms with van der Waals surface area (Å²) < 4.78 is 0. The van der Waals surface area contributed by atoms with Crippen molar-refractivity contribution in [3.63, 3.8) is 0 Å². The Morgan fingerprint density at radius 2 is 2.25 bits per heavy atom. The minimum Gasteiger partial charge on any atom is -0.384 e. The van der Waals surface area contributed by atoms with Gasteiger partial charge in [-0.15, -0.1) is 11.8 Å². The van der Waals surface area contributed by atoms with Gasteiger partial charge in [-0.05, 0) is 25.0 Å². The van der Waals surface area contributed by atoms with Crippen LogP contribution in [0.15, 0.2) is 23.2 Å². The van der Waals surface area contributed by atoms with E-state index in [0.717, 1.165) is 5.25 Å². The van der Waals surface area contributed by atoms with Crippen molar-refractivity contribution < 1.29 is 0 Å². The van der Waals surface area contributed by atoms with E-state index < -0.39 is 0 Å². The van der Waals surface area contributed by atoms with Crippen LogP contribution in [0.5, 0.6) is 0 Å². The van der Waals surface area contributed by atoms with Gasteiger partial charge in [0.1, 0.15) is 5.82 Å². The normalized spacial score (nSPS) is 17.3. The van der Waals surface area contributed by atoms with Crippen LogP contribution in [0.4, 0.5) is 5.82 Å². The molecule has 0 atom stereocenters. The number of hydrogen-bond donors (Lipinski definition) is 1. The maximum atomic E-state index is 5.48. The number of nitrogen functional groups attached to an aromatic ring is 1. The second-order valence-electron chi connectivity index (χ2n) is 3.09. The zero-order chi connectivity index (χ0) is 8.39.